The van der Waals surface area contributed by atoms with Crippen molar-refractivity contribution in [3.05, 3.63) is 28.7 Å². The third-order valence-corrected chi connectivity index (χ3v) is 5.46. The monoisotopic (exact) mass is 330 g/mol. The van der Waals surface area contributed by atoms with Crippen LogP contribution in [0.4, 0.5) is 0 Å². The lowest BCUT2D eigenvalue weighted by Crippen LogP contribution is -2.34. The molecule has 1 aromatic carbocycles. The van der Waals surface area contributed by atoms with Crippen LogP contribution in [-0.2, 0) is 10.0 Å². The van der Waals surface area contributed by atoms with Crippen LogP contribution < -0.4 is 0 Å². The Balaban J connectivity index is 3.13. The Morgan fingerprint density at radius 2 is 2.06 bits per heavy atom. The topological polar surface area (TPSA) is 61.2 Å². The number of hydrogen-bond donors (Lipinski definition) is 0. The van der Waals surface area contributed by atoms with Gasteiger partial charge in [0.25, 0.3) is 0 Å². The highest BCUT2D eigenvalue weighted by molar-refractivity contribution is 9.10. The number of sulfonamides is 1. The van der Waals surface area contributed by atoms with Gasteiger partial charge in [0.2, 0.25) is 10.0 Å². The zero-order chi connectivity index (χ0) is 13.8. The number of rotatable bonds is 5. The zero-order valence-electron chi connectivity index (χ0n) is 10.3. The number of hydrogen-bond acceptors (Lipinski definition) is 3. The lowest BCUT2D eigenvalue weighted by atomic mass is 10.2. The average molecular weight is 331 g/mol. The van der Waals surface area contributed by atoms with Crippen molar-refractivity contribution >= 4 is 26.0 Å². The predicted octanol–water partition coefficient (Wildman–Crippen LogP) is 2.62. The fourth-order valence-electron chi connectivity index (χ4n) is 1.54. The molecule has 0 aliphatic carbocycles. The van der Waals surface area contributed by atoms with E-state index in [1.165, 1.54) is 4.31 Å². The number of halogens is 1. The fraction of sp³-hybridized carbons (Fsp3) is 0.417. The molecule has 0 bridgehead atoms. The molecule has 0 amide bonds. The number of nitriles is 1. The second kappa shape index (κ2) is 6.32. The van der Waals surface area contributed by atoms with Gasteiger partial charge in [0.15, 0.2) is 0 Å². The largest absolute Gasteiger partial charge is 0.244 e. The van der Waals surface area contributed by atoms with Gasteiger partial charge in [-0.15, -0.1) is 0 Å². The molecule has 1 atom stereocenters. The average Bonchev–Trinajstić information content (AvgIpc) is 2.35. The van der Waals surface area contributed by atoms with Gasteiger partial charge in [-0.25, -0.2) is 8.42 Å². The molecule has 0 spiro atoms. The van der Waals surface area contributed by atoms with Crippen molar-refractivity contribution < 1.29 is 8.42 Å². The predicted molar refractivity (Wildman–Crippen MR) is 73.4 cm³/mol. The van der Waals surface area contributed by atoms with Crippen LogP contribution >= 0.6 is 15.9 Å². The Morgan fingerprint density at radius 3 is 2.56 bits per heavy atom. The molecule has 0 fully saturated rings. The van der Waals surface area contributed by atoms with Gasteiger partial charge in [0, 0.05) is 17.6 Å². The molecule has 6 heteroatoms. The summed E-state index contributed by atoms with van der Waals surface area (Å²) < 4.78 is 26.7. The summed E-state index contributed by atoms with van der Waals surface area (Å²) in [7, 11) is -3.55. The second-order valence-corrected chi connectivity index (χ2v) is 6.68. The summed E-state index contributed by atoms with van der Waals surface area (Å²) in [6.45, 7) is 4.02. The molecule has 98 valence electrons. The van der Waals surface area contributed by atoms with Gasteiger partial charge in [0.1, 0.15) is 0 Å². The van der Waals surface area contributed by atoms with Crippen molar-refractivity contribution in [2.24, 2.45) is 5.92 Å². The molecule has 0 heterocycles. The maximum absolute atomic E-state index is 12.4. The van der Waals surface area contributed by atoms with Crippen molar-refractivity contribution in [2.75, 3.05) is 13.1 Å². The van der Waals surface area contributed by atoms with Crippen LogP contribution in [0.1, 0.15) is 13.8 Å². The summed E-state index contributed by atoms with van der Waals surface area (Å²) in [5, 5.41) is 8.79. The van der Waals surface area contributed by atoms with Crippen LogP contribution in [0.5, 0.6) is 0 Å². The smallest absolute Gasteiger partial charge is 0.207 e. The molecular formula is C12H15BrN2O2S. The minimum atomic E-state index is -3.55. The lowest BCUT2D eigenvalue weighted by Gasteiger charge is -2.22. The first kappa shape index (κ1) is 15.2. The summed E-state index contributed by atoms with van der Waals surface area (Å²) in [4.78, 5) is 0.233. The van der Waals surface area contributed by atoms with E-state index in [9.17, 15) is 8.42 Å². The molecule has 1 rings (SSSR count). The Bertz CT molecular complexity index is 551. The highest BCUT2D eigenvalue weighted by Crippen LogP contribution is 2.25. The van der Waals surface area contributed by atoms with E-state index < -0.39 is 10.0 Å². The van der Waals surface area contributed by atoms with Gasteiger partial charge < -0.3 is 0 Å². The zero-order valence-corrected chi connectivity index (χ0v) is 12.7. The van der Waals surface area contributed by atoms with E-state index in [-0.39, 0.29) is 17.4 Å². The van der Waals surface area contributed by atoms with Gasteiger partial charge in [0.05, 0.1) is 16.9 Å². The van der Waals surface area contributed by atoms with Gasteiger partial charge in [-0.3, -0.25) is 0 Å². The highest BCUT2D eigenvalue weighted by atomic mass is 79.9. The molecule has 18 heavy (non-hydrogen) atoms. The Morgan fingerprint density at radius 1 is 1.44 bits per heavy atom. The van der Waals surface area contributed by atoms with Gasteiger partial charge in [-0.1, -0.05) is 19.1 Å². The molecule has 1 aromatic rings. The molecule has 0 saturated carbocycles. The van der Waals surface area contributed by atoms with E-state index in [2.05, 4.69) is 22.0 Å². The van der Waals surface area contributed by atoms with Crippen molar-refractivity contribution in [1.29, 1.82) is 5.26 Å². The van der Waals surface area contributed by atoms with Crippen LogP contribution in [-0.4, -0.2) is 25.8 Å². The highest BCUT2D eigenvalue weighted by Gasteiger charge is 2.26. The molecule has 0 aliphatic heterocycles. The molecule has 0 saturated heterocycles. The van der Waals surface area contributed by atoms with Gasteiger partial charge in [-0.2, -0.15) is 9.57 Å². The van der Waals surface area contributed by atoms with Gasteiger partial charge >= 0.3 is 0 Å². The first-order valence-corrected chi connectivity index (χ1v) is 7.81. The molecule has 4 nitrogen and oxygen atoms in total. The fourth-order valence-corrected chi connectivity index (χ4v) is 4.04. The van der Waals surface area contributed by atoms with Crippen molar-refractivity contribution in [3.63, 3.8) is 0 Å². The first-order valence-electron chi connectivity index (χ1n) is 5.57. The Labute approximate surface area is 116 Å². The summed E-state index contributed by atoms with van der Waals surface area (Å²) in [5.41, 5.74) is 0. The maximum atomic E-state index is 12.4. The summed E-state index contributed by atoms with van der Waals surface area (Å²) in [5.74, 6) is -0.331. The van der Waals surface area contributed by atoms with Crippen LogP contribution in [0, 0.1) is 17.2 Å². The third kappa shape index (κ3) is 3.31. The Kier molecular flexibility index (Phi) is 5.32. The lowest BCUT2D eigenvalue weighted by molar-refractivity contribution is 0.399. The van der Waals surface area contributed by atoms with Crippen LogP contribution in [0.25, 0.3) is 0 Å². The van der Waals surface area contributed by atoms with E-state index >= 15 is 0 Å². The minimum Gasteiger partial charge on any atom is -0.207 e. The van der Waals surface area contributed by atoms with Gasteiger partial charge in [-0.05, 0) is 35.0 Å². The van der Waals surface area contributed by atoms with E-state index in [4.69, 9.17) is 5.26 Å². The summed E-state index contributed by atoms with van der Waals surface area (Å²) >= 11 is 3.24. The van der Waals surface area contributed by atoms with E-state index in [1.54, 1.807) is 38.1 Å². The molecule has 0 aromatic heterocycles. The van der Waals surface area contributed by atoms with Crippen LogP contribution in [0.2, 0.25) is 0 Å². The SMILES string of the molecule is CCN(C[C@@H](C)C#N)S(=O)(=O)c1ccccc1Br. The summed E-state index contributed by atoms with van der Waals surface area (Å²) in [6.07, 6.45) is 0. The molecule has 0 N–H and O–H groups in total. The van der Waals surface area contributed by atoms with E-state index in [1.807, 2.05) is 0 Å². The third-order valence-electron chi connectivity index (χ3n) is 2.51. The van der Waals surface area contributed by atoms with Crippen molar-refractivity contribution in [3.8, 4) is 6.07 Å². The van der Waals surface area contributed by atoms with Crippen LogP contribution in [0.15, 0.2) is 33.6 Å². The summed E-state index contributed by atoms with van der Waals surface area (Å²) in [6, 6.07) is 8.73. The Hall–Kier alpha value is -0.900. The standard InChI is InChI=1S/C12H15BrN2O2S/c1-3-15(9-10(2)8-14)18(16,17)12-7-5-4-6-11(12)13/h4-7,10H,3,9H2,1-2H3/t10-/m0/s1. The molecule has 0 unspecified atom stereocenters. The molecular weight excluding hydrogens is 316 g/mol. The van der Waals surface area contributed by atoms with Crippen molar-refractivity contribution in [1.82, 2.24) is 4.31 Å². The van der Waals surface area contributed by atoms with Crippen LogP contribution in [0.3, 0.4) is 0 Å². The molecule has 0 aliphatic rings. The molecule has 0 radical (unpaired) electrons. The number of nitrogens with zero attached hydrogens (tertiary/aromatic N) is 2. The van der Waals surface area contributed by atoms with E-state index in [0.29, 0.717) is 11.0 Å². The first-order chi connectivity index (χ1) is 8.43. The minimum absolute atomic E-state index is 0.205. The normalized spacial score (nSPS) is 13.3. The van der Waals surface area contributed by atoms with Crippen molar-refractivity contribution in [2.45, 2.75) is 18.7 Å². The maximum Gasteiger partial charge on any atom is 0.244 e. The van der Waals surface area contributed by atoms with E-state index in [0.717, 1.165) is 0 Å². The quantitative estimate of drug-likeness (QED) is 0.833. The second-order valence-electron chi connectivity index (χ2n) is 3.92. The number of benzene rings is 1.